The van der Waals surface area contributed by atoms with Gasteiger partial charge in [-0.05, 0) is 36.8 Å². The fourth-order valence-electron chi connectivity index (χ4n) is 2.53. The number of carbonyl (C=O) groups is 1. The molecule has 0 atom stereocenters. The molecule has 0 bridgehead atoms. The van der Waals surface area contributed by atoms with Gasteiger partial charge in [-0.1, -0.05) is 12.1 Å². The van der Waals surface area contributed by atoms with Crippen LogP contribution in [-0.4, -0.2) is 52.3 Å². The second-order valence-corrected chi connectivity index (χ2v) is 5.81. The first kappa shape index (κ1) is 19.4. The van der Waals surface area contributed by atoms with E-state index in [1.807, 2.05) is 31.2 Å². The minimum atomic E-state index is -0.155. The van der Waals surface area contributed by atoms with E-state index in [9.17, 15) is 4.79 Å². The van der Waals surface area contributed by atoms with Gasteiger partial charge in [0, 0.05) is 12.6 Å². The molecule has 0 aromatic heterocycles. The SMILES string of the molecule is COc1cc(C(=O)N(C)CCOc2cccc(C)c2)cc(OC)c1OC. The molecule has 0 saturated heterocycles. The number of likely N-dealkylation sites (N-methyl/N-ethyl adjacent to an activating group) is 1. The van der Waals surface area contributed by atoms with Crippen LogP contribution in [-0.2, 0) is 0 Å². The van der Waals surface area contributed by atoms with Gasteiger partial charge in [-0.3, -0.25) is 4.79 Å². The van der Waals surface area contributed by atoms with Crippen LogP contribution in [0.2, 0.25) is 0 Å². The zero-order chi connectivity index (χ0) is 19.1. The van der Waals surface area contributed by atoms with Crippen molar-refractivity contribution in [1.29, 1.82) is 0 Å². The summed E-state index contributed by atoms with van der Waals surface area (Å²) < 4.78 is 21.6. The molecule has 2 aromatic rings. The molecule has 0 spiro atoms. The van der Waals surface area contributed by atoms with Crippen molar-refractivity contribution in [3.05, 3.63) is 47.5 Å². The summed E-state index contributed by atoms with van der Waals surface area (Å²) in [5.74, 6) is 1.98. The van der Waals surface area contributed by atoms with E-state index in [-0.39, 0.29) is 5.91 Å². The van der Waals surface area contributed by atoms with Crippen LogP contribution in [0.1, 0.15) is 15.9 Å². The lowest BCUT2D eigenvalue weighted by atomic mass is 10.1. The Morgan fingerprint density at radius 2 is 1.65 bits per heavy atom. The third-order valence-corrected chi connectivity index (χ3v) is 3.94. The van der Waals surface area contributed by atoms with Crippen molar-refractivity contribution in [1.82, 2.24) is 4.90 Å². The van der Waals surface area contributed by atoms with Gasteiger partial charge in [-0.2, -0.15) is 0 Å². The highest BCUT2D eigenvalue weighted by Gasteiger charge is 2.19. The van der Waals surface area contributed by atoms with E-state index in [1.165, 1.54) is 21.3 Å². The van der Waals surface area contributed by atoms with E-state index in [0.29, 0.717) is 36.0 Å². The first-order valence-corrected chi connectivity index (χ1v) is 8.25. The number of hydrogen-bond acceptors (Lipinski definition) is 5. The van der Waals surface area contributed by atoms with Gasteiger partial charge in [0.1, 0.15) is 12.4 Å². The van der Waals surface area contributed by atoms with Crippen molar-refractivity contribution in [2.75, 3.05) is 41.5 Å². The molecular weight excluding hydrogens is 334 g/mol. The Morgan fingerprint density at radius 1 is 1.00 bits per heavy atom. The Balaban J connectivity index is 2.05. The molecule has 26 heavy (non-hydrogen) atoms. The lowest BCUT2D eigenvalue weighted by Crippen LogP contribution is -2.31. The van der Waals surface area contributed by atoms with Crippen LogP contribution in [0.5, 0.6) is 23.0 Å². The van der Waals surface area contributed by atoms with Crippen molar-refractivity contribution in [2.24, 2.45) is 0 Å². The molecule has 0 N–H and O–H groups in total. The molecule has 2 aromatic carbocycles. The largest absolute Gasteiger partial charge is 0.493 e. The number of hydrogen-bond donors (Lipinski definition) is 0. The Morgan fingerprint density at radius 3 is 2.19 bits per heavy atom. The van der Waals surface area contributed by atoms with Gasteiger partial charge in [0.15, 0.2) is 11.5 Å². The molecule has 2 rings (SSSR count). The molecule has 6 heteroatoms. The Hall–Kier alpha value is -2.89. The standard InChI is InChI=1S/C20H25NO5/c1-14-7-6-8-16(11-14)26-10-9-21(2)20(22)15-12-17(23-3)19(25-5)18(13-15)24-4/h6-8,11-13H,9-10H2,1-5H3. The highest BCUT2D eigenvalue weighted by molar-refractivity contribution is 5.95. The molecule has 0 aliphatic carbocycles. The minimum absolute atomic E-state index is 0.155. The van der Waals surface area contributed by atoms with Crippen LogP contribution in [0.15, 0.2) is 36.4 Å². The van der Waals surface area contributed by atoms with Gasteiger partial charge >= 0.3 is 0 Å². The van der Waals surface area contributed by atoms with E-state index in [0.717, 1.165) is 11.3 Å². The quantitative estimate of drug-likeness (QED) is 0.725. The predicted molar refractivity (Wildman–Crippen MR) is 99.7 cm³/mol. The van der Waals surface area contributed by atoms with Crippen LogP contribution in [0.25, 0.3) is 0 Å². The van der Waals surface area contributed by atoms with Crippen molar-refractivity contribution in [3.63, 3.8) is 0 Å². The van der Waals surface area contributed by atoms with Gasteiger partial charge in [0.2, 0.25) is 5.75 Å². The normalized spacial score (nSPS) is 10.2. The molecule has 0 aliphatic heterocycles. The zero-order valence-corrected chi connectivity index (χ0v) is 15.9. The van der Waals surface area contributed by atoms with Crippen LogP contribution in [0.3, 0.4) is 0 Å². The fraction of sp³-hybridized carbons (Fsp3) is 0.350. The smallest absolute Gasteiger partial charge is 0.253 e. The van der Waals surface area contributed by atoms with Gasteiger partial charge in [0.25, 0.3) is 5.91 Å². The fourth-order valence-corrected chi connectivity index (χ4v) is 2.53. The Labute approximate surface area is 154 Å². The Kier molecular flexibility index (Phi) is 6.72. The minimum Gasteiger partial charge on any atom is -0.493 e. The summed E-state index contributed by atoms with van der Waals surface area (Å²) in [7, 11) is 6.29. The number of nitrogens with zero attached hydrogens (tertiary/aromatic N) is 1. The molecule has 0 fully saturated rings. The third kappa shape index (κ3) is 4.59. The number of rotatable bonds is 8. The molecule has 1 amide bonds. The van der Waals surface area contributed by atoms with Crippen molar-refractivity contribution < 1.29 is 23.7 Å². The summed E-state index contributed by atoms with van der Waals surface area (Å²) in [6.45, 7) is 2.85. The number of amides is 1. The van der Waals surface area contributed by atoms with Crippen LogP contribution < -0.4 is 18.9 Å². The molecular formula is C20H25NO5. The molecule has 6 nitrogen and oxygen atoms in total. The van der Waals surface area contributed by atoms with Crippen molar-refractivity contribution in [3.8, 4) is 23.0 Å². The number of aryl methyl sites for hydroxylation is 1. The summed E-state index contributed by atoms with van der Waals surface area (Å²) in [5.41, 5.74) is 1.59. The average molecular weight is 359 g/mol. The van der Waals surface area contributed by atoms with Crippen LogP contribution in [0.4, 0.5) is 0 Å². The predicted octanol–water partition coefficient (Wildman–Crippen LogP) is 3.17. The monoisotopic (exact) mass is 359 g/mol. The third-order valence-electron chi connectivity index (χ3n) is 3.94. The van der Waals surface area contributed by atoms with Crippen LogP contribution in [0, 0.1) is 6.92 Å². The summed E-state index contributed by atoms with van der Waals surface area (Å²) in [5, 5.41) is 0. The maximum absolute atomic E-state index is 12.7. The number of benzene rings is 2. The summed E-state index contributed by atoms with van der Waals surface area (Å²) >= 11 is 0. The van der Waals surface area contributed by atoms with Gasteiger partial charge < -0.3 is 23.8 Å². The highest BCUT2D eigenvalue weighted by atomic mass is 16.5. The lowest BCUT2D eigenvalue weighted by molar-refractivity contribution is 0.0773. The topological polar surface area (TPSA) is 57.2 Å². The van der Waals surface area contributed by atoms with Gasteiger partial charge in [-0.15, -0.1) is 0 Å². The van der Waals surface area contributed by atoms with Crippen LogP contribution >= 0.6 is 0 Å². The second kappa shape index (κ2) is 8.99. The van der Waals surface area contributed by atoms with Crippen molar-refractivity contribution in [2.45, 2.75) is 6.92 Å². The number of methoxy groups -OCH3 is 3. The number of ether oxygens (including phenoxy) is 4. The molecule has 0 radical (unpaired) electrons. The van der Waals surface area contributed by atoms with E-state index >= 15 is 0 Å². The first-order valence-electron chi connectivity index (χ1n) is 8.25. The molecule has 0 saturated carbocycles. The first-order chi connectivity index (χ1) is 12.5. The maximum atomic E-state index is 12.7. The summed E-state index contributed by atoms with van der Waals surface area (Å²) in [6, 6.07) is 11.1. The van der Waals surface area contributed by atoms with Crippen molar-refractivity contribution >= 4 is 5.91 Å². The van der Waals surface area contributed by atoms with Gasteiger partial charge in [0.05, 0.1) is 27.9 Å². The zero-order valence-electron chi connectivity index (χ0n) is 15.9. The van der Waals surface area contributed by atoms with Gasteiger partial charge in [-0.25, -0.2) is 0 Å². The average Bonchev–Trinajstić information content (AvgIpc) is 2.66. The molecule has 0 unspecified atom stereocenters. The summed E-state index contributed by atoms with van der Waals surface area (Å²) in [4.78, 5) is 14.3. The molecule has 0 heterocycles. The van der Waals surface area contributed by atoms with E-state index in [2.05, 4.69) is 0 Å². The molecule has 0 aliphatic rings. The number of carbonyl (C=O) groups excluding carboxylic acids is 1. The second-order valence-electron chi connectivity index (χ2n) is 5.81. The van der Waals surface area contributed by atoms with E-state index in [1.54, 1.807) is 24.1 Å². The maximum Gasteiger partial charge on any atom is 0.253 e. The highest BCUT2D eigenvalue weighted by Crippen LogP contribution is 2.38. The summed E-state index contributed by atoms with van der Waals surface area (Å²) in [6.07, 6.45) is 0. The Bertz CT molecular complexity index is 735. The molecule has 140 valence electrons. The lowest BCUT2D eigenvalue weighted by Gasteiger charge is -2.19. The van der Waals surface area contributed by atoms with E-state index in [4.69, 9.17) is 18.9 Å². The van der Waals surface area contributed by atoms with E-state index < -0.39 is 0 Å².